The van der Waals surface area contributed by atoms with Crippen molar-refractivity contribution in [3.63, 3.8) is 0 Å². The number of carbonyl (C=O) groups is 1. The largest absolute Gasteiger partial charge is 0.493 e. The van der Waals surface area contributed by atoms with E-state index in [9.17, 15) is 13.2 Å². The average molecular weight is 453 g/mol. The summed E-state index contributed by atoms with van der Waals surface area (Å²) in [5, 5.41) is 3.26. The molecule has 1 fully saturated rings. The van der Waals surface area contributed by atoms with E-state index in [4.69, 9.17) is 21.1 Å². The highest BCUT2D eigenvalue weighted by Gasteiger charge is 2.36. The number of benzene rings is 2. The van der Waals surface area contributed by atoms with Crippen molar-refractivity contribution in [1.29, 1.82) is 0 Å². The van der Waals surface area contributed by atoms with Crippen molar-refractivity contribution in [3.05, 3.63) is 53.1 Å². The van der Waals surface area contributed by atoms with Crippen molar-refractivity contribution in [2.24, 2.45) is 0 Å². The van der Waals surface area contributed by atoms with Crippen LogP contribution in [0.25, 0.3) is 0 Å². The monoisotopic (exact) mass is 452 g/mol. The molecule has 1 aliphatic heterocycles. The molecule has 2 aromatic rings. The topological polar surface area (TPSA) is 84.9 Å². The molecule has 0 spiro atoms. The van der Waals surface area contributed by atoms with Crippen molar-refractivity contribution in [3.8, 4) is 11.5 Å². The van der Waals surface area contributed by atoms with E-state index in [0.29, 0.717) is 35.1 Å². The Morgan fingerprint density at radius 1 is 1.07 bits per heavy atom. The van der Waals surface area contributed by atoms with Gasteiger partial charge in [0.2, 0.25) is 15.9 Å². The van der Waals surface area contributed by atoms with Gasteiger partial charge in [0.15, 0.2) is 11.5 Å². The first-order valence-electron chi connectivity index (χ1n) is 9.63. The molecule has 9 heteroatoms. The molecular formula is C21H25ClN2O5S. The van der Waals surface area contributed by atoms with Crippen molar-refractivity contribution < 1.29 is 22.7 Å². The van der Waals surface area contributed by atoms with E-state index in [1.54, 1.807) is 18.2 Å². The summed E-state index contributed by atoms with van der Waals surface area (Å²) >= 11 is 5.93. The maximum absolute atomic E-state index is 13.5. The molecule has 1 amide bonds. The fourth-order valence-electron chi connectivity index (χ4n) is 3.46. The number of methoxy groups -OCH3 is 2. The van der Waals surface area contributed by atoms with Crippen LogP contribution in [0.3, 0.4) is 0 Å². The molecule has 1 heterocycles. The number of halogens is 1. The second-order valence-electron chi connectivity index (χ2n) is 7.00. The zero-order valence-corrected chi connectivity index (χ0v) is 18.5. The minimum absolute atomic E-state index is 0.0173. The van der Waals surface area contributed by atoms with Crippen LogP contribution in [0.5, 0.6) is 11.5 Å². The third-order valence-electron chi connectivity index (χ3n) is 5.06. The van der Waals surface area contributed by atoms with Crippen molar-refractivity contribution in [1.82, 2.24) is 9.62 Å². The Labute approximate surface area is 182 Å². The first kappa shape index (κ1) is 22.4. The summed E-state index contributed by atoms with van der Waals surface area (Å²) in [6.45, 7) is 0.559. The molecule has 0 unspecified atom stereocenters. The summed E-state index contributed by atoms with van der Waals surface area (Å²) in [6, 6.07) is 10.3. The molecule has 1 atom stereocenters. The van der Waals surface area contributed by atoms with Gasteiger partial charge in [-0.05, 0) is 61.2 Å². The molecule has 30 heavy (non-hydrogen) atoms. The highest BCUT2D eigenvalue weighted by atomic mass is 35.5. The molecule has 0 aromatic heterocycles. The predicted molar refractivity (Wildman–Crippen MR) is 114 cm³/mol. The van der Waals surface area contributed by atoms with Crippen LogP contribution in [0.4, 0.5) is 0 Å². The first-order chi connectivity index (χ1) is 14.4. The lowest BCUT2D eigenvalue weighted by Crippen LogP contribution is -2.48. The Bertz CT molecular complexity index is 995. The lowest BCUT2D eigenvalue weighted by atomic mass is 10.1. The molecule has 3 rings (SSSR count). The van der Waals surface area contributed by atoms with Crippen LogP contribution in [-0.4, -0.2) is 45.4 Å². The van der Waals surface area contributed by atoms with Gasteiger partial charge in [0.1, 0.15) is 6.04 Å². The number of ether oxygens (including phenoxy) is 2. The molecule has 162 valence electrons. The second kappa shape index (κ2) is 9.68. The van der Waals surface area contributed by atoms with Gasteiger partial charge in [-0.2, -0.15) is 4.31 Å². The average Bonchev–Trinajstić information content (AvgIpc) is 2.96. The van der Waals surface area contributed by atoms with E-state index in [1.165, 1.54) is 42.8 Å². The van der Waals surface area contributed by atoms with Crippen LogP contribution in [0.1, 0.15) is 24.8 Å². The van der Waals surface area contributed by atoms with Gasteiger partial charge in [-0.15, -0.1) is 0 Å². The molecule has 7 nitrogen and oxygen atoms in total. The molecule has 2 aromatic carbocycles. The van der Waals surface area contributed by atoms with Crippen LogP contribution in [-0.2, 0) is 21.4 Å². The number of rotatable bonds is 7. The summed E-state index contributed by atoms with van der Waals surface area (Å²) in [5.41, 5.74) is 0.683. The maximum atomic E-state index is 13.5. The lowest BCUT2D eigenvalue weighted by molar-refractivity contribution is -0.124. The summed E-state index contributed by atoms with van der Waals surface area (Å²) < 4.78 is 38.9. The Morgan fingerprint density at radius 2 is 1.77 bits per heavy atom. The normalized spacial score (nSPS) is 17.3. The summed E-state index contributed by atoms with van der Waals surface area (Å²) in [5.74, 6) is 0.746. The Kier molecular flexibility index (Phi) is 7.23. The molecule has 1 aliphatic rings. The summed E-state index contributed by atoms with van der Waals surface area (Å²) in [4.78, 5) is 12.8. The van der Waals surface area contributed by atoms with Gasteiger partial charge in [-0.1, -0.05) is 17.7 Å². The van der Waals surface area contributed by atoms with Crippen LogP contribution >= 0.6 is 11.6 Å². The molecule has 1 saturated heterocycles. The fraction of sp³-hybridized carbons (Fsp3) is 0.381. The van der Waals surface area contributed by atoms with Crippen LogP contribution < -0.4 is 14.8 Å². The smallest absolute Gasteiger partial charge is 0.244 e. The van der Waals surface area contributed by atoms with Gasteiger partial charge in [0.25, 0.3) is 0 Å². The van der Waals surface area contributed by atoms with Crippen molar-refractivity contribution in [2.75, 3.05) is 20.8 Å². The van der Waals surface area contributed by atoms with E-state index in [-0.39, 0.29) is 17.3 Å². The Hall–Kier alpha value is -2.29. The standard InChI is InChI=1S/C21H25ClN2O5S/c1-28-19-11-6-15(13-20(19)29-2)14-24(18-5-3-4-12-23-21(18)25)30(26,27)17-9-7-16(22)8-10-17/h6-11,13,18H,3-5,12,14H2,1-2H3,(H,23,25)/t18-/m0/s1. The fourth-order valence-corrected chi connectivity index (χ4v) is 5.19. The van der Waals surface area contributed by atoms with Gasteiger partial charge in [-0.25, -0.2) is 8.42 Å². The Balaban J connectivity index is 2.03. The number of carbonyl (C=O) groups excluding carboxylic acids is 1. The number of nitrogens with zero attached hydrogens (tertiary/aromatic N) is 1. The number of amides is 1. The van der Waals surface area contributed by atoms with Crippen LogP contribution in [0.15, 0.2) is 47.4 Å². The molecular weight excluding hydrogens is 428 g/mol. The van der Waals surface area contributed by atoms with E-state index >= 15 is 0 Å². The van der Waals surface area contributed by atoms with E-state index < -0.39 is 16.1 Å². The lowest BCUT2D eigenvalue weighted by Gasteiger charge is -2.29. The van der Waals surface area contributed by atoms with Gasteiger partial charge in [0.05, 0.1) is 19.1 Å². The summed E-state index contributed by atoms with van der Waals surface area (Å²) in [6.07, 6.45) is 2.02. The number of sulfonamides is 1. The predicted octanol–water partition coefficient (Wildman–Crippen LogP) is 3.22. The maximum Gasteiger partial charge on any atom is 0.244 e. The van der Waals surface area contributed by atoms with Crippen molar-refractivity contribution >= 4 is 27.5 Å². The zero-order valence-electron chi connectivity index (χ0n) is 16.9. The van der Waals surface area contributed by atoms with E-state index in [2.05, 4.69) is 5.32 Å². The molecule has 1 N–H and O–H groups in total. The molecule has 0 bridgehead atoms. The SMILES string of the molecule is COc1ccc(CN([C@H]2CCCCNC2=O)S(=O)(=O)c2ccc(Cl)cc2)cc1OC. The minimum atomic E-state index is -3.96. The first-order valence-corrected chi connectivity index (χ1v) is 11.4. The Morgan fingerprint density at radius 3 is 2.43 bits per heavy atom. The van der Waals surface area contributed by atoms with Crippen LogP contribution in [0.2, 0.25) is 5.02 Å². The molecule has 0 radical (unpaired) electrons. The van der Waals surface area contributed by atoms with E-state index in [1.807, 2.05) is 0 Å². The molecule has 0 aliphatic carbocycles. The van der Waals surface area contributed by atoms with E-state index in [0.717, 1.165) is 12.8 Å². The van der Waals surface area contributed by atoms with Gasteiger partial charge in [-0.3, -0.25) is 4.79 Å². The third kappa shape index (κ3) is 4.88. The number of hydrogen-bond acceptors (Lipinski definition) is 5. The third-order valence-corrected chi connectivity index (χ3v) is 7.18. The molecule has 0 saturated carbocycles. The quantitative estimate of drug-likeness (QED) is 0.697. The number of nitrogens with one attached hydrogen (secondary N) is 1. The van der Waals surface area contributed by atoms with Crippen molar-refractivity contribution in [2.45, 2.75) is 36.7 Å². The summed E-state index contributed by atoms with van der Waals surface area (Å²) in [7, 11) is -0.909. The van der Waals surface area contributed by atoms with Gasteiger partial charge < -0.3 is 14.8 Å². The second-order valence-corrected chi connectivity index (χ2v) is 9.32. The van der Waals surface area contributed by atoms with Gasteiger partial charge >= 0.3 is 0 Å². The highest BCUT2D eigenvalue weighted by molar-refractivity contribution is 7.89. The van der Waals surface area contributed by atoms with Gasteiger partial charge in [0, 0.05) is 18.1 Å². The zero-order chi connectivity index (χ0) is 21.7. The highest BCUT2D eigenvalue weighted by Crippen LogP contribution is 2.31. The number of hydrogen-bond donors (Lipinski definition) is 1. The van der Waals surface area contributed by atoms with Crippen LogP contribution in [0, 0.1) is 0 Å². The minimum Gasteiger partial charge on any atom is -0.493 e.